The van der Waals surface area contributed by atoms with Crippen LogP contribution in [0.3, 0.4) is 0 Å². The molecule has 6 N–H and O–H groups in total. The van der Waals surface area contributed by atoms with Crippen molar-refractivity contribution < 1.29 is 14.7 Å². The summed E-state index contributed by atoms with van der Waals surface area (Å²) < 4.78 is 0. The van der Waals surface area contributed by atoms with Crippen LogP contribution in [0.1, 0.15) is 81.0 Å². The van der Waals surface area contributed by atoms with Crippen molar-refractivity contribution in [2.24, 2.45) is 11.5 Å². The molecule has 418 valence electrons. The van der Waals surface area contributed by atoms with E-state index < -0.39 is 11.9 Å². The molecule has 82 heavy (non-hydrogen) atoms. The summed E-state index contributed by atoms with van der Waals surface area (Å²) in [6.45, 7) is 4.88. The zero-order chi connectivity index (χ0) is 57.8. The van der Waals surface area contributed by atoms with Crippen molar-refractivity contribution in [1.29, 1.82) is 0 Å². The van der Waals surface area contributed by atoms with E-state index in [2.05, 4.69) is 139 Å². The predicted octanol–water partition coefficient (Wildman–Crippen LogP) is 2.91. The molecule has 31 nitrogen and oxygen atoms in total. The second kappa shape index (κ2) is 34.9. The number of hydrogen-bond acceptors (Lipinski definition) is 29. The average Bonchev–Trinajstić information content (AvgIpc) is 3.55. The normalized spacial score (nSPS) is 10.2. The van der Waals surface area contributed by atoms with Gasteiger partial charge >= 0.3 is 5.97 Å². The van der Waals surface area contributed by atoms with E-state index in [1.165, 1.54) is 12.8 Å². The van der Waals surface area contributed by atoms with Gasteiger partial charge in [-0.15, -0.1) is 102 Å². The van der Waals surface area contributed by atoms with E-state index in [1.807, 2.05) is 66.7 Å². The second-order valence-electron chi connectivity index (χ2n) is 16.5. The lowest BCUT2D eigenvalue weighted by molar-refractivity contribution is -0.138. The largest absolute Gasteiger partial charge is 0.481 e. The van der Waals surface area contributed by atoms with Crippen LogP contribution < -0.4 is 16.8 Å². The molecule has 0 saturated carbocycles. The molecule has 0 aliphatic heterocycles. The van der Waals surface area contributed by atoms with Crippen molar-refractivity contribution in [3.05, 3.63) is 151 Å². The van der Waals surface area contributed by atoms with E-state index in [-0.39, 0.29) is 37.6 Å². The number of nitrogens with one attached hydrogen (secondary N) is 1. The quantitative estimate of drug-likeness (QED) is 0.0845. The number of aryl methyl sites for hydroxylation is 3. The molecule has 0 fully saturated rings. The maximum absolute atomic E-state index is 11.3. The Kier molecular flexibility index (Phi) is 25.8. The Morgan fingerprint density at radius 1 is 0.415 bits per heavy atom. The third kappa shape index (κ3) is 22.0. The topological polar surface area (TPSA) is 441 Å². The lowest BCUT2D eigenvalue weighted by atomic mass is 10.2. The molecule has 1 amide bonds. The molecular weight excluding hydrogens is 1050 g/mol. The molecule has 0 spiro atoms. The van der Waals surface area contributed by atoms with Crippen LogP contribution in [-0.4, -0.2) is 150 Å². The Balaban J connectivity index is 0.000000166. The summed E-state index contributed by atoms with van der Waals surface area (Å²) in [5.41, 5.74) is 14.0. The zero-order valence-corrected chi connectivity index (χ0v) is 44.6. The van der Waals surface area contributed by atoms with Crippen molar-refractivity contribution in [3.8, 4) is 57.6 Å². The summed E-state index contributed by atoms with van der Waals surface area (Å²) in [4.78, 5) is 42.1. The Morgan fingerprint density at radius 2 is 0.744 bits per heavy atom. The fourth-order valence-corrected chi connectivity index (χ4v) is 6.07. The molecule has 10 heterocycles. The second-order valence-corrected chi connectivity index (χ2v) is 16.5. The van der Waals surface area contributed by atoms with Gasteiger partial charge in [-0.2, -0.15) is 0 Å². The number of unbranched alkanes of at least 4 members (excludes halogenated alkanes) is 3. The Morgan fingerprint density at radius 3 is 1.05 bits per heavy atom. The van der Waals surface area contributed by atoms with Gasteiger partial charge in [0.05, 0.1) is 19.5 Å². The van der Waals surface area contributed by atoms with Gasteiger partial charge in [0.1, 0.15) is 28.5 Å². The van der Waals surface area contributed by atoms with E-state index in [9.17, 15) is 9.59 Å². The highest BCUT2D eigenvalue weighted by atomic mass is 16.4. The number of aliphatic carboxylic acids is 1. The fraction of sp³-hybridized carbons (Fsp3) is 0.275. The molecule has 10 rings (SSSR count). The summed E-state index contributed by atoms with van der Waals surface area (Å²) in [5.74, 6) is 3.22. The van der Waals surface area contributed by atoms with Crippen molar-refractivity contribution in [1.82, 2.24) is 132 Å². The first kappa shape index (κ1) is 60.5. The van der Waals surface area contributed by atoms with Crippen LogP contribution >= 0.6 is 0 Å². The number of carbonyl (C=O) groups excluding carboxylic acids is 1. The van der Waals surface area contributed by atoms with Crippen LogP contribution in [0.15, 0.2) is 122 Å². The lowest BCUT2D eigenvalue weighted by Crippen LogP contribution is -2.24. The van der Waals surface area contributed by atoms with Crippen LogP contribution in [0.25, 0.3) is 57.6 Å². The molecule has 0 atom stereocenters. The van der Waals surface area contributed by atoms with Gasteiger partial charge in [-0.05, 0) is 93.4 Å². The standard InChI is InChI=1S/C12H12N6O3.C12H15N5.C11H14N6.C8H8N6.C8H7N5/c19-10(4-5-11(20)21)14-7-9-15-17-12(18-16-9)8-3-1-2-6-13-8;1-2-3-4-8-11-14-16-12(17-15-11)10-7-5-6-9-13-10;12-7-3-1-6-10-14-16-11(17-15-10)9-5-2-4-8-13-9;9-5-7-11-13-8(14-12-7)6-3-1-2-4-10-6;1-6-10-12-8(13-11-6)7-4-2-3-5-9-7/h1-3,6H,4-5,7H2,(H,14,19)(H,20,21);5-7,9H,2-4,8H2,1H3;2,4-5,8H,1,3,6-7,12H2;1-4H,5,9H2;2-5H,1H3. The van der Waals surface area contributed by atoms with E-state index in [4.69, 9.17) is 16.6 Å². The van der Waals surface area contributed by atoms with Gasteiger partial charge in [0.25, 0.3) is 0 Å². The van der Waals surface area contributed by atoms with E-state index >= 15 is 0 Å². The van der Waals surface area contributed by atoms with Gasteiger partial charge < -0.3 is 21.9 Å². The van der Waals surface area contributed by atoms with Crippen LogP contribution in [0.4, 0.5) is 0 Å². The number of carbonyl (C=O) groups is 2. The Hall–Kier alpha value is -10.7. The van der Waals surface area contributed by atoms with E-state index in [0.717, 1.165) is 32.1 Å². The minimum absolute atomic E-state index is 0.0426. The molecular formula is C51H56N28O3. The summed E-state index contributed by atoms with van der Waals surface area (Å²) in [5, 5.41) is 89.2. The van der Waals surface area contributed by atoms with Crippen molar-refractivity contribution in [3.63, 3.8) is 0 Å². The SMILES string of the molecule is CCCCCc1nnc(-c2ccccn2)nn1.Cc1nnc(-c2ccccn2)nn1.NCCCCc1nnc(-c2ccccn2)nn1.NCc1nnc(-c2ccccn2)nn1.O=C(O)CCC(=O)NCc1nnc(-c2ccccn2)nn1. The number of carboxylic acid groups (broad SMARTS) is 1. The lowest BCUT2D eigenvalue weighted by Gasteiger charge is -2.02. The van der Waals surface area contributed by atoms with Crippen LogP contribution in [-0.2, 0) is 35.5 Å². The Labute approximate surface area is 468 Å². The van der Waals surface area contributed by atoms with Crippen LogP contribution in [0.5, 0.6) is 0 Å². The molecule has 0 aliphatic carbocycles. The molecule has 0 bridgehead atoms. The van der Waals surface area contributed by atoms with Crippen LogP contribution in [0, 0.1) is 6.92 Å². The van der Waals surface area contributed by atoms with Gasteiger partial charge in [-0.25, -0.2) is 0 Å². The minimum Gasteiger partial charge on any atom is -0.481 e. The van der Waals surface area contributed by atoms with Gasteiger partial charge in [-0.3, -0.25) is 34.5 Å². The van der Waals surface area contributed by atoms with Crippen molar-refractivity contribution in [2.45, 2.75) is 84.7 Å². The van der Waals surface area contributed by atoms with Gasteiger partial charge in [0.2, 0.25) is 35.0 Å². The van der Waals surface area contributed by atoms with Gasteiger partial charge in [0, 0.05) is 50.2 Å². The molecule has 0 radical (unpaired) electrons. The summed E-state index contributed by atoms with van der Waals surface area (Å²) in [7, 11) is 0. The third-order valence-electron chi connectivity index (χ3n) is 10.2. The maximum atomic E-state index is 11.3. The Bertz CT molecular complexity index is 3250. The number of pyridine rings is 5. The van der Waals surface area contributed by atoms with Gasteiger partial charge in [-0.1, -0.05) is 50.1 Å². The number of aromatic nitrogens is 25. The van der Waals surface area contributed by atoms with Crippen LogP contribution in [0.2, 0.25) is 0 Å². The molecule has 10 aromatic heterocycles. The highest BCUT2D eigenvalue weighted by molar-refractivity contribution is 5.80. The molecule has 0 aliphatic rings. The van der Waals surface area contributed by atoms with E-state index in [1.54, 1.807) is 62.2 Å². The highest BCUT2D eigenvalue weighted by Crippen LogP contribution is 2.12. The first-order valence-corrected chi connectivity index (χ1v) is 25.5. The predicted molar refractivity (Wildman–Crippen MR) is 291 cm³/mol. The monoisotopic (exact) mass is 1110 g/mol. The molecule has 10 aromatic rings. The smallest absolute Gasteiger partial charge is 0.303 e. The maximum Gasteiger partial charge on any atom is 0.303 e. The summed E-state index contributed by atoms with van der Waals surface area (Å²) >= 11 is 0. The van der Waals surface area contributed by atoms with Crippen molar-refractivity contribution in [2.75, 3.05) is 6.54 Å². The molecule has 0 aromatic carbocycles. The number of nitrogens with two attached hydrogens (primary N) is 2. The first-order valence-electron chi connectivity index (χ1n) is 25.5. The number of amides is 1. The fourth-order valence-electron chi connectivity index (χ4n) is 6.07. The molecule has 0 saturated heterocycles. The third-order valence-corrected chi connectivity index (χ3v) is 10.2. The summed E-state index contributed by atoms with van der Waals surface area (Å²) in [6, 6.07) is 27.4. The minimum atomic E-state index is -1.02. The zero-order valence-electron chi connectivity index (χ0n) is 44.6. The number of nitrogens with zero attached hydrogens (tertiary/aromatic N) is 25. The average molecular weight is 1110 g/mol. The molecule has 31 heteroatoms. The first-order chi connectivity index (χ1) is 40.2. The number of hydrogen-bond donors (Lipinski definition) is 4. The van der Waals surface area contributed by atoms with Crippen molar-refractivity contribution >= 4 is 11.9 Å². The highest BCUT2D eigenvalue weighted by Gasteiger charge is 2.10. The van der Waals surface area contributed by atoms with Gasteiger partial charge in [0.15, 0.2) is 29.1 Å². The summed E-state index contributed by atoms with van der Waals surface area (Å²) in [6.07, 6.45) is 15.0. The number of carboxylic acids is 1. The number of rotatable bonds is 19. The molecule has 0 unspecified atom stereocenters. The van der Waals surface area contributed by atoms with E-state index in [0.29, 0.717) is 81.6 Å².